The van der Waals surface area contributed by atoms with E-state index in [4.69, 9.17) is 5.11 Å². The summed E-state index contributed by atoms with van der Waals surface area (Å²) in [7, 11) is 1.56. The number of thioether (sulfide) groups is 1. The average Bonchev–Trinajstić information content (AvgIpc) is 2.07. The van der Waals surface area contributed by atoms with Gasteiger partial charge >= 0.3 is 5.97 Å². The molecule has 1 N–H and O–H groups in total. The summed E-state index contributed by atoms with van der Waals surface area (Å²) in [6.45, 7) is 0. The summed E-state index contributed by atoms with van der Waals surface area (Å²) in [5.41, 5.74) is -0.192. The van der Waals surface area contributed by atoms with Gasteiger partial charge in [-0.15, -0.1) is 0 Å². The molecule has 6 heteroatoms. The summed E-state index contributed by atoms with van der Waals surface area (Å²) in [4.78, 5) is 25.2. The smallest absolute Gasteiger partial charge is 0.313 e. The van der Waals surface area contributed by atoms with Crippen molar-refractivity contribution in [3.8, 4) is 0 Å². The van der Waals surface area contributed by atoms with Crippen LogP contribution in [0.4, 0.5) is 0 Å². The predicted octanol–water partition coefficient (Wildman–Crippen LogP) is -0.0430. The van der Waals surface area contributed by atoms with E-state index in [9.17, 15) is 9.59 Å². The molecule has 0 atom stereocenters. The van der Waals surface area contributed by atoms with Crippen LogP contribution < -0.4 is 5.56 Å². The second kappa shape index (κ2) is 4.08. The van der Waals surface area contributed by atoms with Crippen molar-refractivity contribution in [2.75, 3.05) is 5.75 Å². The summed E-state index contributed by atoms with van der Waals surface area (Å²) < 4.78 is 1.31. The maximum absolute atomic E-state index is 11.0. The zero-order valence-electron chi connectivity index (χ0n) is 6.93. The highest BCUT2D eigenvalue weighted by molar-refractivity contribution is 7.99. The van der Waals surface area contributed by atoms with Gasteiger partial charge in [-0.1, -0.05) is 11.8 Å². The summed E-state index contributed by atoms with van der Waals surface area (Å²) in [5, 5.41) is 8.81. The maximum Gasteiger partial charge on any atom is 0.313 e. The Morgan fingerprint density at radius 2 is 2.46 bits per heavy atom. The Kier molecular flexibility index (Phi) is 3.07. The lowest BCUT2D eigenvalue weighted by Crippen LogP contribution is -2.18. The molecule has 1 rings (SSSR count). The van der Waals surface area contributed by atoms with E-state index >= 15 is 0 Å². The molecule has 0 fully saturated rings. The van der Waals surface area contributed by atoms with Gasteiger partial charge in [-0.25, -0.2) is 4.98 Å². The third-order valence-corrected chi connectivity index (χ3v) is 2.37. The molecule has 0 aliphatic carbocycles. The molecule has 0 saturated carbocycles. The van der Waals surface area contributed by atoms with Crippen molar-refractivity contribution in [2.45, 2.75) is 5.16 Å². The molecule has 0 spiro atoms. The topological polar surface area (TPSA) is 72.2 Å². The zero-order chi connectivity index (χ0) is 9.84. The molecule has 0 saturated heterocycles. The summed E-state index contributed by atoms with van der Waals surface area (Å²) in [6.07, 6.45) is 1.37. The monoisotopic (exact) mass is 200 g/mol. The number of carboxylic acid groups (broad SMARTS) is 1. The van der Waals surface area contributed by atoms with E-state index in [1.54, 1.807) is 7.05 Å². The number of rotatable bonds is 3. The van der Waals surface area contributed by atoms with Crippen molar-refractivity contribution >= 4 is 17.7 Å². The molecule has 1 aromatic heterocycles. The van der Waals surface area contributed by atoms with E-state index in [1.165, 1.54) is 16.8 Å². The van der Waals surface area contributed by atoms with Gasteiger partial charge in [0.2, 0.25) is 0 Å². The molecular formula is C7H8N2O3S. The van der Waals surface area contributed by atoms with Crippen LogP contribution >= 0.6 is 11.8 Å². The largest absolute Gasteiger partial charge is 0.481 e. The molecule has 0 unspecified atom stereocenters. The molecular weight excluding hydrogens is 192 g/mol. The molecule has 1 heterocycles. The Bertz CT molecular complexity index is 374. The predicted molar refractivity (Wildman–Crippen MR) is 47.8 cm³/mol. The zero-order valence-corrected chi connectivity index (χ0v) is 7.74. The van der Waals surface area contributed by atoms with Crippen molar-refractivity contribution in [1.82, 2.24) is 9.55 Å². The van der Waals surface area contributed by atoms with Crippen LogP contribution in [-0.4, -0.2) is 26.4 Å². The third kappa shape index (κ3) is 2.59. The van der Waals surface area contributed by atoms with Crippen LogP contribution in [0.25, 0.3) is 0 Å². The van der Waals surface area contributed by atoms with E-state index in [1.807, 2.05) is 0 Å². The molecule has 0 aromatic carbocycles. The first-order chi connectivity index (χ1) is 6.11. The first kappa shape index (κ1) is 9.79. The first-order valence-electron chi connectivity index (χ1n) is 3.48. The molecule has 0 aliphatic heterocycles. The lowest BCUT2D eigenvalue weighted by atomic mass is 10.6. The van der Waals surface area contributed by atoms with E-state index in [-0.39, 0.29) is 11.3 Å². The van der Waals surface area contributed by atoms with Crippen molar-refractivity contribution < 1.29 is 9.90 Å². The van der Waals surface area contributed by atoms with Crippen LogP contribution in [0.5, 0.6) is 0 Å². The Hall–Kier alpha value is -1.30. The van der Waals surface area contributed by atoms with Gasteiger partial charge in [-0.2, -0.15) is 0 Å². The number of aromatic nitrogens is 2. The Morgan fingerprint density at radius 3 is 3.08 bits per heavy atom. The first-order valence-corrected chi connectivity index (χ1v) is 4.46. The highest BCUT2D eigenvalue weighted by Crippen LogP contribution is 2.10. The number of hydrogen-bond acceptors (Lipinski definition) is 4. The fraction of sp³-hybridized carbons (Fsp3) is 0.286. The fourth-order valence-electron chi connectivity index (χ4n) is 0.718. The van der Waals surface area contributed by atoms with Gasteiger partial charge in [0.25, 0.3) is 5.56 Å². The van der Waals surface area contributed by atoms with Crippen LogP contribution in [0.3, 0.4) is 0 Å². The van der Waals surface area contributed by atoms with Crippen LogP contribution in [0.15, 0.2) is 22.2 Å². The van der Waals surface area contributed by atoms with E-state index in [0.717, 1.165) is 11.8 Å². The molecule has 0 bridgehead atoms. The highest BCUT2D eigenvalue weighted by atomic mass is 32.2. The van der Waals surface area contributed by atoms with Crippen molar-refractivity contribution in [3.05, 3.63) is 22.6 Å². The van der Waals surface area contributed by atoms with Crippen molar-refractivity contribution in [1.29, 1.82) is 0 Å². The Labute approximate surface area is 78.4 Å². The van der Waals surface area contributed by atoms with Gasteiger partial charge in [-0.05, 0) is 0 Å². The number of carboxylic acids is 1. The molecule has 13 heavy (non-hydrogen) atoms. The minimum atomic E-state index is -0.928. The SMILES string of the molecule is Cn1c(SCC(=O)O)nccc1=O. The molecule has 70 valence electrons. The van der Waals surface area contributed by atoms with Crippen molar-refractivity contribution in [2.24, 2.45) is 7.05 Å². The molecule has 5 nitrogen and oxygen atoms in total. The number of aliphatic carboxylic acids is 1. The van der Waals surface area contributed by atoms with Crippen LogP contribution in [0.2, 0.25) is 0 Å². The molecule has 1 aromatic rings. The molecule has 0 amide bonds. The van der Waals surface area contributed by atoms with Gasteiger partial charge < -0.3 is 5.11 Å². The third-order valence-electron chi connectivity index (χ3n) is 1.34. The quantitative estimate of drug-likeness (QED) is 0.547. The highest BCUT2D eigenvalue weighted by Gasteiger charge is 2.04. The lowest BCUT2D eigenvalue weighted by molar-refractivity contribution is -0.133. The van der Waals surface area contributed by atoms with E-state index in [0.29, 0.717) is 5.16 Å². The van der Waals surface area contributed by atoms with Gasteiger partial charge in [0, 0.05) is 19.3 Å². The second-order valence-electron chi connectivity index (χ2n) is 2.31. The van der Waals surface area contributed by atoms with Gasteiger partial charge in [-0.3, -0.25) is 14.2 Å². The van der Waals surface area contributed by atoms with Gasteiger partial charge in [0.1, 0.15) is 0 Å². The molecule has 0 aliphatic rings. The maximum atomic E-state index is 11.0. The number of hydrogen-bond donors (Lipinski definition) is 1. The lowest BCUT2D eigenvalue weighted by Gasteiger charge is -2.02. The summed E-state index contributed by atoms with van der Waals surface area (Å²) >= 11 is 1.02. The van der Waals surface area contributed by atoms with Gasteiger partial charge in [0.05, 0.1) is 5.75 Å². The number of nitrogens with zero attached hydrogens (tertiary/aromatic N) is 2. The molecule has 0 radical (unpaired) electrons. The van der Waals surface area contributed by atoms with Crippen LogP contribution in [-0.2, 0) is 11.8 Å². The van der Waals surface area contributed by atoms with E-state index in [2.05, 4.69) is 4.98 Å². The Balaban J connectivity index is 2.83. The Morgan fingerprint density at radius 1 is 1.77 bits per heavy atom. The standard InChI is InChI=1S/C7H8N2O3S/c1-9-5(10)2-3-8-7(9)13-4-6(11)12/h2-3H,4H2,1H3,(H,11,12). The average molecular weight is 200 g/mol. The van der Waals surface area contributed by atoms with Crippen LogP contribution in [0.1, 0.15) is 0 Å². The normalized spacial score (nSPS) is 9.92. The van der Waals surface area contributed by atoms with Crippen molar-refractivity contribution in [3.63, 3.8) is 0 Å². The minimum absolute atomic E-state index is 0.0930. The van der Waals surface area contributed by atoms with Gasteiger partial charge in [0.15, 0.2) is 5.16 Å². The summed E-state index contributed by atoms with van der Waals surface area (Å²) in [5.74, 6) is -1.02. The summed E-state index contributed by atoms with van der Waals surface area (Å²) in [6, 6.07) is 1.32. The van der Waals surface area contributed by atoms with E-state index < -0.39 is 5.97 Å². The second-order valence-corrected chi connectivity index (χ2v) is 3.25. The minimum Gasteiger partial charge on any atom is -0.481 e. The van der Waals surface area contributed by atoms with Crippen LogP contribution in [0, 0.1) is 0 Å². The fourth-order valence-corrected chi connectivity index (χ4v) is 1.39. The number of carbonyl (C=O) groups is 1.